The molecule has 0 aliphatic carbocycles. The van der Waals surface area contributed by atoms with Gasteiger partial charge in [0.05, 0.1) is 19.2 Å². The van der Waals surface area contributed by atoms with Gasteiger partial charge in [0, 0.05) is 6.07 Å². The van der Waals surface area contributed by atoms with Crippen LogP contribution in [0.1, 0.15) is 0 Å². The maximum Gasteiger partial charge on any atom is 0.204 e. The van der Waals surface area contributed by atoms with E-state index in [1.807, 2.05) is 0 Å². The highest BCUT2D eigenvalue weighted by Crippen LogP contribution is 2.45. The molecule has 0 heterocycles. The van der Waals surface area contributed by atoms with Crippen molar-refractivity contribution in [3.05, 3.63) is 16.1 Å². The van der Waals surface area contributed by atoms with E-state index in [9.17, 15) is 5.11 Å². The van der Waals surface area contributed by atoms with E-state index in [1.165, 1.54) is 20.3 Å². The lowest BCUT2D eigenvalue weighted by atomic mass is 10.3. The van der Waals surface area contributed by atoms with E-state index in [0.717, 1.165) is 0 Å². The molecule has 1 aromatic carbocycles. The molecule has 0 radical (unpaired) electrons. The third-order valence-electron chi connectivity index (χ3n) is 1.52. The average Bonchev–Trinajstić information content (AvgIpc) is 2.10. The predicted octanol–water partition coefficient (Wildman–Crippen LogP) is 2.72. The van der Waals surface area contributed by atoms with E-state index < -0.39 is 0 Å². The minimum Gasteiger partial charge on any atom is -0.504 e. The summed E-state index contributed by atoms with van der Waals surface area (Å²) in [5.74, 6) is 0.305. The molecule has 1 N–H and O–H groups in total. The van der Waals surface area contributed by atoms with Gasteiger partial charge >= 0.3 is 0 Å². The Balaban J connectivity index is 3.41. The second-order valence-corrected chi connectivity index (χ2v) is 3.04. The Morgan fingerprint density at radius 2 is 1.69 bits per heavy atom. The highest BCUT2D eigenvalue weighted by atomic mass is 35.5. The van der Waals surface area contributed by atoms with Crippen molar-refractivity contribution in [2.45, 2.75) is 0 Å². The summed E-state index contributed by atoms with van der Waals surface area (Å²) in [4.78, 5) is 0. The van der Waals surface area contributed by atoms with Gasteiger partial charge in [-0.3, -0.25) is 0 Å². The Morgan fingerprint density at radius 1 is 1.15 bits per heavy atom. The van der Waals surface area contributed by atoms with Crippen molar-refractivity contribution < 1.29 is 14.6 Å². The van der Waals surface area contributed by atoms with E-state index in [0.29, 0.717) is 0 Å². The molecule has 0 aliphatic rings. The second-order valence-electron chi connectivity index (χ2n) is 2.26. The monoisotopic (exact) mass is 222 g/mol. The van der Waals surface area contributed by atoms with E-state index >= 15 is 0 Å². The maximum absolute atomic E-state index is 9.38. The molecule has 72 valence electrons. The summed E-state index contributed by atoms with van der Waals surface area (Å²) in [5, 5.41) is 9.82. The van der Waals surface area contributed by atoms with Crippen LogP contribution in [-0.4, -0.2) is 19.3 Å². The minimum atomic E-state index is -0.103. The van der Waals surface area contributed by atoms with Gasteiger partial charge in [-0.05, 0) is 0 Å². The number of rotatable bonds is 2. The molecule has 0 aromatic heterocycles. The summed E-state index contributed by atoms with van der Waals surface area (Å²) in [6, 6.07) is 1.30. The molecule has 0 amide bonds. The summed E-state index contributed by atoms with van der Waals surface area (Å²) in [5.41, 5.74) is 0. The number of methoxy groups -OCH3 is 2. The first-order valence-electron chi connectivity index (χ1n) is 3.40. The number of hydrogen-bond acceptors (Lipinski definition) is 3. The molecule has 13 heavy (non-hydrogen) atoms. The third kappa shape index (κ3) is 1.76. The van der Waals surface area contributed by atoms with Gasteiger partial charge in [0.25, 0.3) is 0 Å². The highest BCUT2D eigenvalue weighted by Gasteiger charge is 2.16. The summed E-state index contributed by atoms with van der Waals surface area (Å²) in [6.07, 6.45) is 0. The van der Waals surface area contributed by atoms with Crippen LogP contribution in [0.2, 0.25) is 10.0 Å². The summed E-state index contributed by atoms with van der Waals surface area (Å²) >= 11 is 11.5. The van der Waals surface area contributed by atoms with Gasteiger partial charge < -0.3 is 14.6 Å². The molecular weight excluding hydrogens is 215 g/mol. The standard InChI is InChI=1S/C8H8Cl2O3/c1-12-7-5(11)3-4(9)6(10)8(7)13-2/h3,11H,1-2H3. The van der Waals surface area contributed by atoms with E-state index in [1.54, 1.807) is 0 Å². The van der Waals surface area contributed by atoms with Gasteiger partial charge in [-0.25, -0.2) is 0 Å². The SMILES string of the molecule is COc1c(O)cc(Cl)c(Cl)c1OC. The molecule has 3 nitrogen and oxygen atoms in total. The van der Waals surface area contributed by atoms with Crippen LogP contribution in [0.4, 0.5) is 0 Å². The Hall–Kier alpha value is -0.800. The van der Waals surface area contributed by atoms with Crippen molar-refractivity contribution >= 4 is 23.2 Å². The highest BCUT2D eigenvalue weighted by molar-refractivity contribution is 6.43. The molecule has 0 bridgehead atoms. The van der Waals surface area contributed by atoms with Gasteiger partial charge in [-0.15, -0.1) is 0 Å². The van der Waals surface area contributed by atoms with Crippen LogP contribution in [0.3, 0.4) is 0 Å². The Labute approximate surface area is 85.8 Å². The Kier molecular flexibility index (Phi) is 3.12. The number of benzene rings is 1. The smallest absolute Gasteiger partial charge is 0.204 e. The first-order valence-corrected chi connectivity index (χ1v) is 4.16. The van der Waals surface area contributed by atoms with E-state index in [2.05, 4.69) is 0 Å². The normalized spacial score (nSPS) is 9.85. The minimum absolute atomic E-state index is 0.103. The van der Waals surface area contributed by atoms with Crippen LogP contribution in [-0.2, 0) is 0 Å². The average molecular weight is 223 g/mol. The van der Waals surface area contributed by atoms with Crippen LogP contribution in [0.15, 0.2) is 6.07 Å². The van der Waals surface area contributed by atoms with Crippen LogP contribution >= 0.6 is 23.2 Å². The third-order valence-corrected chi connectivity index (χ3v) is 2.29. The molecule has 1 rings (SSSR count). The van der Waals surface area contributed by atoms with Crippen molar-refractivity contribution in [2.75, 3.05) is 14.2 Å². The zero-order chi connectivity index (χ0) is 10.0. The quantitative estimate of drug-likeness (QED) is 0.837. The molecule has 0 aliphatic heterocycles. The lowest BCUT2D eigenvalue weighted by Gasteiger charge is -2.11. The van der Waals surface area contributed by atoms with Gasteiger partial charge in [0.2, 0.25) is 5.75 Å². The second kappa shape index (κ2) is 3.94. The van der Waals surface area contributed by atoms with Crippen molar-refractivity contribution in [3.63, 3.8) is 0 Å². The number of aromatic hydroxyl groups is 1. The van der Waals surface area contributed by atoms with Gasteiger partial charge in [-0.1, -0.05) is 23.2 Å². The molecule has 0 unspecified atom stereocenters. The van der Waals surface area contributed by atoms with Crippen LogP contribution < -0.4 is 9.47 Å². The topological polar surface area (TPSA) is 38.7 Å². The fourth-order valence-corrected chi connectivity index (χ4v) is 1.36. The van der Waals surface area contributed by atoms with Gasteiger partial charge in [-0.2, -0.15) is 0 Å². The first kappa shape index (κ1) is 10.3. The maximum atomic E-state index is 9.38. The van der Waals surface area contributed by atoms with Gasteiger partial charge in [0.1, 0.15) is 5.02 Å². The fourth-order valence-electron chi connectivity index (χ4n) is 0.953. The summed E-state index contributed by atoms with van der Waals surface area (Å²) in [7, 11) is 2.82. The predicted molar refractivity (Wildman–Crippen MR) is 51.2 cm³/mol. The van der Waals surface area contributed by atoms with Crippen LogP contribution in [0.5, 0.6) is 17.2 Å². The number of phenolic OH excluding ortho intramolecular Hbond substituents is 1. The lowest BCUT2D eigenvalue weighted by molar-refractivity contribution is 0.333. The van der Waals surface area contributed by atoms with Gasteiger partial charge in [0.15, 0.2) is 11.5 Å². The van der Waals surface area contributed by atoms with Crippen LogP contribution in [0, 0.1) is 0 Å². The zero-order valence-electron chi connectivity index (χ0n) is 7.10. The van der Waals surface area contributed by atoms with Crippen molar-refractivity contribution in [2.24, 2.45) is 0 Å². The number of ether oxygens (including phenoxy) is 2. The van der Waals surface area contributed by atoms with Crippen molar-refractivity contribution in [3.8, 4) is 17.2 Å². The molecular formula is C8H8Cl2O3. The van der Waals surface area contributed by atoms with Crippen molar-refractivity contribution in [1.29, 1.82) is 0 Å². The van der Waals surface area contributed by atoms with Crippen molar-refractivity contribution in [1.82, 2.24) is 0 Å². The first-order chi connectivity index (χ1) is 6.11. The fraction of sp³-hybridized carbons (Fsp3) is 0.250. The molecule has 5 heteroatoms. The zero-order valence-corrected chi connectivity index (χ0v) is 8.61. The molecule has 0 spiro atoms. The Morgan fingerprint density at radius 3 is 2.15 bits per heavy atom. The largest absolute Gasteiger partial charge is 0.504 e. The molecule has 1 aromatic rings. The molecule has 0 atom stereocenters. The van der Waals surface area contributed by atoms with Crippen LogP contribution in [0.25, 0.3) is 0 Å². The number of halogens is 2. The summed E-state index contributed by atoms with van der Waals surface area (Å²) < 4.78 is 9.81. The number of hydrogen-bond donors (Lipinski definition) is 1. The number of phenols is 1. The molecule has 0 saturated carbocycles. The van der Waals surface area contributed by atoms with E-state index in [-0.39, 0.29) is 27.3 Å². The Bertz CT molecular complexity index is 326. The van der Waals surface area contributed by atoms with E-state index in [4.69, 9.17) is 32.7 Å². The summed E-state index contributed by atoms with van der Waals surface area (Å²) in [6.45, 7) is 0. The molecule has 0 fully saturated rings. The molecule has 0 saturated heterocycles. The lowest BCUT2D eigenvalue weighted by Crippen LogP contribution is -1.92.